The minimum absolute atomic E-state index is 0.122. The van der Waals surface area contributed by atoms with Gasteiger partial charge in [-0.25, -0.2) is 4.98 Å². The minimum Gasteiger partial charge on any atom is -0.369 e. The number of carbonyl (C=O) groups is 1. The summed E-state index contributed by atoms with van der Waals surface area (Å²) in [5, 5.41) is 3.30. The van der Waals surface area contributed by atoms with Crippen molar-refractivity contribution in [2.45, 2.75) is 60.3 Å². The van der Waals surface area contributed by atoms with E-state index in [4.69, 9.17) is 12.2 Å². The first kappa shape index (κ1) is 25.4. The Hall–Kier alpha value is -2.19. The quantitative estimate of drug-likeness (QED) is 0.354. The van der Waals surface area contributed by atoms with Crippen LogP contribution in [-0.4, -0.2) is 37.6 Å². The van der Waals surface area contributed by atoms with Crippen LogP contribution in [0.25, 0.3) is 11.7 Å². The number of aromatic nitrogens is 2. The third-order valence-electron chi connectivity index (χ3n) is 5.82. The summed E-state index contributed by atoms with van der Waals surface area (Å²) in [4.78, 5) is 33.5. The van der Waals surface area contributed by atoms with E-state index in [2.05, 4.69) is 38.0 Å². The molecule has 8 heteroatoms. The molecule has 0 aliphatic carbocycles. The number of fused-ring (bicyclic) bond motifs is 1. The zero-order chi connectivity index (χ0) is 24.1. The monoisotopic (exact) mass is 486 g/mol. The zero-order valence-electron chi connectivity index (χ0n) is 20.2. The van der Waals surface area contributed by atoms with Gasteiger partial charge in [0, 0.05) is 19.3 Å². The molecule has 1 atom stereocenters. The molecule has 0 spiro atoms. The number of anilines is 1. The Morgan fingerprint density at radius 2 is 2.00 bits per heavy atom. The topological polar surface area (TPSA) is 66.7 Å². The molecule has 1 amide bonds. The van der Waals surface area contributed by atoms with Crippen LogP contribution in [0, 0.1) is 18.8 Å². The molecule has 3 rings (SSSR count). The average Bonchev–Trinajstić information content (AvgIpc) is 3.04. The van der Waals surface area contributed by atoms with Crippen molar-refractivity contribution in [1.29, 1.82) is 0 Å². The van der Waals surface area contributed by atoms with Crippen LogP contribution in [0.4, 0.5) is 5.82 Å². The van der Waals surface area contributed by atoms with E-state index in [1.54, 1.807) is 21.6 Å². The van der Waals surface area contributed by atoms with Gasteiger partial charge in [-0.15, -0.1) is 0 Å². The number of pyridine rings is 1. The van der Waals surface area contributed by atoms with Crippen LogP contribution in [0.15, 0.2) is 28.0 Å². The van der Waals surface area contributed by atoms with E-state index < -0.39 is 0 Å². The summed E-state index contributed by atoms with van der Waals surface area (Å²) in [5.74, 6) is 1.18. The lowest BCUT2D eigenvalue weighted by molar-refractivity contribution is -0.122. The van der Waals surface area contributed by atoms with Crippen LogP contribution in [-0.2, 0) is 4.79 Å². The number of hydrogen-bond donors (Lipinski definition) is 1. The lowest BCUT2D eigenvalue weighted by Gasteiger charge is -2.21. The summed E-state index contributed by atoms with van der Waals surface area (Å²) in [5.41, 5.74) is 1.72. The van der Waals surface area contributed by atoms with E-state index in [1.165, 1.54) is 11.8 Å². The van der Waals surface area contributed by atoms with Gasteiger partial charge in [-0.2, -0.15) is 0 Å². The normalized spacial score (nSPS) is 16.4. The number of nitrogens with zero attached hydrogens (tertiary/aromatic N) is 3. The first-order chi connectivity index (χ1) is 15.7. The minimum atomic E-state index is -0.199. The SMILES string of the molecule is CCCCC(CC)CN1C(=O)/C(=C\c2c(NCC(C)C)nc3ccc(C)cn3c2=O)SC1=S. The molecule has 0 radical (unpaired) electrons. The molecule has 0 bridgehead atoms. The molecule has 1 fully saturated rings. The van der Waals surface area contributed by atoms with E-state index in [1.807, 2.05) is 19.1 Å². The molecule has 0 aromatic carbocycles. The third kappa shape index (κ3) is 6.03. The summed E-state index contributed by atoms with van der Waals surface area (Å²) in [6, 6.07) is 3.77. The Kier molecular flexibility index (Phi) is 8.70. The Balaban J connectivity index is 1.99. The molecule has 1 aliphatic rings. The van der Waals surface area contributed by atoms with Crippen molar-refractivity contribution in [3.05, 3.63) is 44.7 Å². The van der Waals surface area contributed by atoms with Crippen molar-refractivity contribution >= 4 is 51.7 Å². The number of nitrogens with one attached hydrogen (secondary N) is 1. The van der Waals surface area contributed by atoms with E-state index >= 15 is 0 Å². The van der Waals surface area contributed by atoms with Crippen LogP contribution >= 0.6 is 24.0 Å². The number of amides is 1. The molecule has 1 unspecified atom stereocenters. The van der Waals surface area contributed by atoms with Gasteiger partial charge in [-0.05, 0) is 42.9 Å². The van der Waals surface area contributed by atoms with Crippen LogP contribution < -0.4 is 10.9 Å². The fourth-order valence-electron chi connectivity index (χ4n) is 3.79. The molecule has 2 aromatic rings. The molecule has 1 saturated heterocycles. The lowest BCUT2D eigenvalue weighted by atomic mass is 9.99. The maximum Gasteiger partial charge on any atom is 0.267 e. The van der Waals surface area contributed by atoms with Crippen molar-refractivity contribution in [3.8, 4) is 0 Å². The molecule has 1 N–H and O–H groups in total. The Morgan fingerprint density at radius 1 is 1.24 bits per heavy atom. The largest absolute Gasteiger partial charge is 0.369 e. The van der Waals surface area contributed by atoms with Crippen molar-refractivity contribution in [2.75, 3.05) is 18.4 Å². The van der Waals surface area contributed by atoms with Crippen molar-refractivity contribution in [3.63, 3.8) is 0 Å². The number of rotatable bonds is 10. The molecule has 178 valence electrons. The van der Waals surface area contributed by atoms with E-state index in [0.717, 1.165) is 31.2 Å². The van der Waals surface area contributed by atoms with Gasteiger partial charge in [0.15, 0.2) is 0 Å². The Labute approximate surface area is 205 Å². The molecule has 33 heavy (non-hydrogen) atoms. The molecule has 6 nitrogen and oxygen atoms in total. The van der Waals surface area contributed by atoms with Gasteiger partial charge in [0.1, 0.15) is 15.8 Å². The van der Waals surface area contributed by atoms with Crippen LogP contribution in [0.1, 0.15) is 64.5 Å². The van der Waals surface area contributed by atoms with Gasteiger partial charge < -0.3 is 5.32 Å². The van der Waals surface area contributed by atoms with Gasteiger partial charge in [0.25, 0.3) is 11.5 Å². The molecule has 1 aliphatic heterocycles. The molecule has 0 saturated carbocycles. The summed E-state index contributed by atoms with van der Waals surface area (Å²) in [7, 11) is 0. The summed E-state index contributed by atoms with van der Waals surface area (Å²) in [6.45, 7) is 11.8. The first-order valence-electron chi connectivity index (χ1n) is 11.8. The Morgan fingerprint density at radius 3 is 2.67 bits per heavy atom. The predicted molar refractivity (Wildman–Crippen MR) is 143 cm³/mol. The van der Waals surface area contributed by atoms with Crippen LogP contribution in [0.5, 0.6) is 0 Å². The van der Waals surface area contributed by atoms with Crippen LogP contribution in [0.3, 0.4) is 0 Å². The van der Waals surface area contributed by atoms with Gasteiger partial charge in [-0.1, -0.05) is 77.0 Å². The summed E-state index contributed by atoms with van der Waals surface area (Å²) >= 11 is 6.82. The Bertz CT molecular complexity index is 1120. The van der Waals surface area contributed by atoms with Gasteiger partial charge >= 0.3 is 0 Å². The van der Waals surface area contributed by atoms with Crippen molar-refractivity contribution in [1.82, 2.24) is 14.3 Å². The highest BCUT2D eigenvalue weighted by molar-refractivity contribution is 8.26. The number of thiocarbonyl (C=S) groups is 1. The van der Waals surface area contributed by atoms with Gasteiger partial charge in [0.05, 0.1) is 10.5 Å². The second-order valence-corrected chi connectivity index (χ2v) is 10.8. The second-order valence-electron chi connectivity index (χ2n) is 9.10. The summed E-state index contributed by atoms with van der Waals surface area (Å²) < 4.78 is 2.10. The second kappa shape index (κ2) is 11.3. The third-order valence-corrected chi connectivity index (χ3v) is 7.19. The smallest absolute Gasteiger partial charge is 0.267 e. The van der Waals surface area contributed by atoms with E-state index in [-0.39, 0.29) is 11.5 Å². The van der Waals surface area contributed by atoms with Gasteiger partial charge in [-0.3, -0.25) is 18.9 Å². The maximum atomic E-state index is 13.4. The molecular formula is C25H34N4O2S2. The number of thioether (sulfide) groups is 1. The number of unbranched alkanes of at least 4 members (excludes halogenated alkanes) is 1. The number of carbonyl (C=O) groups excluding carboxylic acids is 1. The fraction of sp³-hybridized carbons (Fsp3) is 0.520. The fourth-order valence-corrected chi connectivity index (χ4v) is 5.05. The van der Waals surface area contributed by atoms with Crippen molar-refractivity contribution in [2.24, 2.45) is 11.8 Å². The molecular weight excluding hydrogens is 452 g/mol. The molecule has 2 aromatic heterocycles. The van der Waals surface area contributed by atoms with E-state index in [9.17, 15) is 9.59 Å². The summed E-state index contributed by atoms with van der Waals surface area (Å²) in [6.07, 6.45) is 7.82. The highest BCUT2D eigenvalue weighted by Gasteiger charge is 2.33. The maximum absolute atomic E-state index is 13.4. The highest BCUT2D eigenvalue weighted by atomic mass is 32.2. The average molecular weight is 487 g/mol. The number of aryl methyl sites for hydroxylation is 1. The first-order valence-corrected chi connectivity index (χ1v) is 13.0. The van der Waals surface area contributed by atoms with E-state index in [0.29, 0.717) is 51.2 Å². The van der Waals surface area contributed by atoms with Gasteiger partial charge in [0.2, 0.25) is 0 Å². The predicted octanol–water partition coefficient (Wildman–Crippen LogP) is 5.49. The zero-order valence-corrected chi connectivity index (χ0v) is 21.8. The highest BCUT2D eigenvalue weighted by Crippen LogP contribution is 2.34. The molecule has 3 heterocycles. The van der Waals surface area contributed by atoms with Crippen LogP contribution in [0.2, 0.25) is 0 Å². The lowest BCUT2D eigenvalue weighted by Crippen LogP contribution is -2.33. The standard InChI is InChI=1S/C25H34N4O2S2/c1-6-8-9-18(7-2)15-29-24(31)20(33-25(29)32)12-19-22(26-13-16(3)4)27-21-11-10-17(5)14-28(21)23(19)30/h10-12,14,16,18,26H,6-9,13,15H2,1-5H3/b20-12+. The van der Waals surface area contributed by atoms with Crippen molar-refractivity contribution < 1.29 is 4.79 Å². The number of hydrogen-bond acceptors (Lipinski definition) is 6.